The highest BCUT2D eigenvalue weighted by Crippen LogP contribution is 2.41. The molecule has 2 N–H and O–H groups in total. The van der Waals surface area contributed by atoms with Crippen molar-refractivity contribution in [2.24, 2.45) is 10.4 Å². The van der Waals surface area contributed by atoms with Gasteiger partial charge in [-0.1, -0.05) is 12.8 Å². The molecule has 0 radical (unpaired) electrons. The van der Waals surface area contributed by atoms with Gasteiger partial charge in [0.05, 0.1) is 6.61 Å². The number of nitrogens with zero attached hydrogens (tertiary/aromatic N) is 1. The highest BCUT2D eigenvalue weighted by Gasteiger charge is 2.33. The van der Waals surface area contributed by atoms with E-state index in [2.05, 4.69) is 24.5 Å². The summed E-state index contributed by atoms with van der Waals surface area (Å²) >= 11 is 0. The molecule has 1 fully saturated rings. The Balaban J connectivity index is 0.00000441. The van der Waals surface area contributed by atoms with Crippen molar-refractivity contribution in [1.29, 1.82) is 0 Å². The van der Waals surface area contributed by atoms with Gasteiger partial charge in [0.15, 0.2) is 5.96 Å². The molecule has 6 heteroatoms. The summed E-state index contributed by atoms with van der Waals surface area (Å²) in [6.07, 6.45) is 6.34. The van der Waals surface area contributed by atoms with Crippen LogP contribution in [-0.4, -0.2) is 52.5 Å². The third-order valence-corrected chi connectivity index (χ3v) is 4.16. The van der Waals surface area contributed by atoms with Crippen LogP contribution in [-0.2, 0) is 9.47 Å². The summed E-state index contributed by atoms with van der Waals surface area (Å²) in [4.78, 5) is 4.80. The van der Waals surface area contributed by atoms with Crippen LogP contribution in [0.25, 0.3) is 0 Å². The standard InChI is InChI=1S/C16H33N3O2.HI/c1-4-17-15(18-11-13-20-3)19-14-16(8-6-7-9-16)10-12-21-5-2;/h4-14H2,1-3H3,(H2,17,18,19);1H. The van der Waals surface area contributed by atoms with Gasteiger partial charge < -0.3 is 20.1 Å². The number of rotatable bonds is 10. The maximum absolute atomic E-state index is 5.56. The quantitative estimate of drug-likeness (QED) is 0.244. The van der Waals surface area contributed by atoms with Gasteiger partial charge in [-0.2, -0.15) is 0 Å². The summed E-state index contributed by atoms with van der Waals surface area (Å²) in [5, 5.41) is 6.61. The first-order valence-corrected chi connectivity index (χ1v) is 8.35. The fraction of sp³-hybridized carbons (Fsp3) is 0.938. The summed E-state index contributed by atoms with van der Waals surface area (Å²) in [6.45, 7) is 9.07. The summed E-state index contributed by atoms with van der Waals surface area (Å²) < 4.78 is 10.6. The Morgan fingerprint density at radius 2 is 1.86 bits per heavy atom. The Labute approximate surface area is 153 Å². The van der Waals surface area contributed by atoms with Crippen molar-refractivity contribution < 1.29 is 9.47 Å². The third-order valence-electron chi connectivity index (χ3n) is 4.16. The predicted octanol–water partition coefficient (Wildman–Crippen LogP) is 2.79. The maximum atomic E-state index is 5.56. The van der Waals surface area contributed by atoms with Crippen LogP contribution in [0.2, 0.25) is 0 Å². The summed E-state index contributed by atoms with van der Waals surface area (Å²) in [6, 6.07) is 0. The van der Waals surface area contributed by atoms with E-state index in [-0.39, 0.29) is 24.0 Å². The zero-order chi connectivity index (χ0) is 15.4. The molecule has 0 saturated heterocycles. The topological polar surface area (TPSA) is 54.9 Å². The lowest BCUT2D eigenvalue weighted by atomic mass is 9.83. The zero-order valence-electron chi connectivity index (χ0n) is 14.5. The molecule has 0 aromatic rings. The van der Waals surface area contributed by atoms with E-state index in [1.165, 1.54) is 25.7 Å². The van der Waals surface area contributed by atoms with E-state index in [9.17, 15) is 0 Å². The average molecular weight is 427 g/mol. The van der Waals surface area contributed by atoms with Crippen LogP contribution in [0.5, 0.6) is 0 Å². The molecule has 132 valence electrons. The van der Waals surface area contributed by atoms with Gasteiger partial charge in [-0.3, -0.25) is 4.99 Å². The minimum atomic E-state index is 0. The van der Waals surface area contributed by atoms with Crippen molar-refractivity contribution in [2.75, 3.05) is 46.6 Å². The molecule has 0 atom stereocenters. The SMILES string of the molecule is CCNC(=NCC1(CCOCC)CCCC1)NCCOC.I. The minimum absolute atomic E-state index is 0. The molecule has 1 aliphatic rings. The summed E-state index contributed by atoms with van der Waals surface area (Å²) in [5.74, 6) is 0.900. The van der Waals surface area contributed by atoms with E-state index in [0.717, 1.165) is 45.2 Å². The third kappa shape index (κ3) is 8.53. The molecule has 0 heterocycles. The minimum Gasteiger partial charge on any atom is -0.383 e. The van der Waals surface area contributed by atoms with Crippen molar-refractivity contribution in [3.8, 4) is 0 Å². The number of guanidine groups is 1. The van der Waals surface area contributed by atoms with Gasteiger partial charge in [0, 0.05) is 40.0 Å². The Morgan fingerprint density at radius 1 is 1.14 bits per heavy atom. The van der Waals surface area contributed by atoms with Gasteiger partial charge in [0.1, 0.15) is 0 Å². The lowest BCUT2D eigenvalue weighted by Crippen LogP contribution is -2.40. The molecule has 0 aliphatic heterocycles. The molecular weight excluding hydrogens is 393 g/mol. The van der Waals surface area contributed by atoms with Crippen LogP contribution in [0.4, 0.5) is 0 Å². The number of halogens is 1. The van der Waals surface area contributed by atoms with Crippen LogP contribution in [0.15, 0.2) is 4.99 Å². The van der Waals surface area contributed by atoms with Crippen LogP contribution in [0.3, 0.4) is 0 Å². The zero-order valence-corrected chi connectivity index (χ0v) is 16.8. The monoisotopic (exact) mass is 427 g/mol. The Kier molecular flexibility index (Phi) is 13.3. The molecule has 22 heavy (non-hydrogen) atoms. The second-order valence-electron chi connectivity index (χ2n) is 5.77. The van der Waals surface area contributed by atoms with Gasteiger partial charge in [0.25, 0.3) is 0 Å². The first kappa shape index (κ1) is 21.9. The number of ether oxygens (including phenoxy) is 2. The lowest BCUT2D eigenvalue weighted by molar-refractivity contribution is 0.107. The number of hydrogen-bond acceptors (Lipinski definition) is 3. The summed E-state index contributed by atoms with van der Waals surface area (Å²) in [5.41, 5.74) is 0.346. The second-order valence-corrected chi connectivity index (χ2v) is 5.77. The van der Waals surface area contributed by atoms with E-state index >= 15 is 0 Å². The molecule has 0 amide bonds. The van der Waals surface area contributed by atoms with E-state index < -0.39 is 0 Å². The smallest absolute Gasteiger partial charge is 0.191 e. The number of hydrogen-bond donors (Lipinski definition) is 2. The Morgan fingerprint density at radius 3 is 2.45 bits per heavy atom. The Bertz CT molecular complexity index is 295. The van der Waals surface area contributed by atoms with E-state index in [1.807, 2.05) is 0 Å². The van der Waals surface area contributed by atoms with Crippen molar-refractivity contribution in [1.82, 2.24) is 10.6 Å². The van der Waals surface area contributed by atoms with Crippen LogP contribution in [0.1, 0.15) is 46.0 Å². The van der Waals surface area contributed by atoms with Gasteiger partial charge >= 0.3 is 0 Å². The molecule has 1 saturated carbocycles. The van der Waals surface area contributed by atoms with Crippen molar-refractivity contribution >= 4 is 29.9 Å². The highest BCUT2D eigenvalue weighted by atomic mass is 127. The highest BCUT2D eigenvalue weighted by molar-refractivity contribution is 14.0. The first-order valence-electron chi connectivity index (χ1n) is 8.35. The molecule has 0 aromatic heterocycles. The van der Waals surface area contributed by atoms with Crippen LogP contribution in [0, 0.1) is 5.41 Å². The lowest BCUT2D eigenvalue weighted by Gasteiger charge is -2.27. The molecule has 0 bridgehead atoms. The molecule has 1 aliphatic carbocycles. The maximum Gasteiger partial charge on any atom is 0.191 e. The molecule has 0 aromatic carbocycles. The van der Waals surface area contributed by atoms with Crippen LogP contribution < -0.4 is 10.6 Å². The predicted molar refractivity (Wildman–Crippen MR) is 103 cm³/mol. The van der Waals surface area contributed by atoms with Gasteiger partial charge in [-0.05, 0) is 38.5 Å². The number of aliphatic imine (C=N–C) groups is 1. The van der Waals surface area contributed by atoms with Gasteiger partial charge in [-0.25, -0.2) is 0 Å². The van der Waals surface area contributed by atoms with E-state index in [0.29, 0.717) is 12.0 Å². The van der Waals surface area contributed by atoms with Gasteiger partial charge in [0.2, 0.25) is 0 Å². The van der Waals surface area contributed by atoms with Gasteiger partial charge in [-0.15, -0.1) is 24.0 Å². The molecule has 0 unspecified atom stereocenters. The molecular formula is C16H34IN3O2. The number of methoxy groups -OCH3 is 1. The van der Waals surface area contributed by atoms with E-state index in [1.54, 1.807) is 7.11 Å². The molecule has 1 rings (SSSR count). The first-order chi connectivity index (χ1) is 10.3. The molecule has 5 nitrogen and oxygen atoms in total. The largest absolute Gasteiger partial charge is 0.383 e. The Hall–Kier alpha value is -0.0800. The normalized spacial score (nSPS) is 17.1. The van der Waals surface area contributed by atoms with Crippen LogP contribution >= 0.6 is 24.0 Å². The molecule has 0 spiro atoms. The van der Waals surface area contributed by atoms with E-state index in [4.69, 9.17) is 14.5 Å². The number of nitrogens with one attached hydrogen (secondary N) is 2. The fourth-order valence-electron chi connectivity index (χ4n) is 2.91. The summed E-state index contributed by atoms with van der Waals surface area (Å²) in [7, 11) is 1.72. The van der Waals surface area contributed by atoms with Crippen molar-refractivity contribution in [3.05, 3.63) is 0 Å². The average Bonchev–Trinajstić information content (AvgIpc) is 2.95. The van der Waals surface area contributed by atoms with Crippen molar-refractivity contribution in [2.45, 2.75) is 46.0 Å². The second kappa shape index (κ2) is 13.4. The fourth-order valence-corrected chi connectivity index (χ4v) is 2.91. The van der Waals surface area contributed by atoms with Crippen molar-refractivity contribution in [3.63, 3.8) is 0 Å².